The topological polar surface area (TPSA) is 69.7 Å². The first-order valence-corrected chi connectivity index (χ1v) is 13.0. The van der Waals surface area contributed by atoms with Crippen molar-refractivity contribution >= 4 is 17.7 Å². The monoisotopic (exact) mass is 492 g/mol. The van der Waals surface area contributed by atoms with Crippen molar-refractivity contribution in [1.29, 1.82) is 0 Å². The number of allylic oxidation sites excluding steroid dienone is 4. The van der Waals surface area contributed by atoms with Gasteiger partial charge in [0.25, 0.3) is 0 Å². The van der Waals surface area contributed by atoms with E-state index < -0.39 is 52.0 Å². The molecule has 0 amide bonds. The molecule has 35 heavy (non-hydrogen) atoms. The molecule has 4 aliphatic rings. The second-order valence-corrected chi connectivity index (χ2v) is 11.5. The summed E-state index contributed by atoms with van der Waals surface area (Å²) in [5.74, 6) is -2.88. The molecule has 0 radical (unpaired) electrons. The number of unbranched alkanes of at least 4 members (excludes halogenated alkanes) is 2. The summed E-state index contributed by atoms with van der Waals surface area (Å²) >= 11 is 0. The lowest BCUT2D eigenvalue weighted by atomic mass is 9.45. The highest BCUT2D eigenvalue weighted by Crippen LogP contribution is 2.71. The van der Waals surface area contributed by atoms with Crippen molar-refractivity contribution < 1.29 is 32.6 Å². The standard InChI is InChI=1S/C28H38F2O5/c1-6-7-8-9-23(32)35-28(24(33)34-5)17(2)14-19-20-16-22(29)21-15-18(31)10-11-25(21,3)27(20,30)13-12-26(19,28)4/h10-11,15,17,19-20,22H,6-9,12-14,16H2,1-5H3/t17-,19-,20-,22-,25-,26-,27+,28-/m0/s1. The Bertz CT molecular complexity index is 974. The SMILES string of the molecule is CCCCCC(=O)O[C@]1(C(=O)OC)[C@@H](C)C[C@H]2[C@@H]3C[C@H](F)C4=CC(=O)C=C[C@]4(C)[C@@]3(F)CC[C@@]21C. The van der Waals surface area contributed by atoms with E-state index in [2.05, 4.69) is 0 Å². The van der Waals surface area contributed by atoms with E-state index in [1.54, 1.807) is 6.92 Å². The van der Waals surface area contributed by atoms with Crippen LogP contribution >= 0.6 is 0 Å². The lowest BCUT2D eigenvalue weighted by Crippen LogP contribution is -2.66. The Labute approximate surface area is 206 Å². The Morgan fingerprint density at radius 1 is 1.14 bits per heavy atom. The molecule has 0 unspecified atom stereocenters. The first-order chi connectivity index (χ1) is 16.4. The lowest BCUT2D eigenvalue weighted by molar-refractivity contribution is -0.216. The quantitative estimate of drug-likeness (QED) is 0.356. The zero-order valence-electron chi connectivity index (χ0n) is 21.5. The molecule has 0 bridgehead atoms. The van der Waals surface area contributed by atoms with Crippen LogP contribution in [0.5, 0.6) is 0 Å². The molecular weight excluding hydrogens is 454 g/mol. The first kappa shape index (κ1) is 26.0. The zero-order valence-corrected chi connectivity index (χ0v) is 21.5. The predicted octanol–water partition coefficient (Wildman–Crippen LogP) is 5.62. The number of alkyl halides is 2. The predicted molar refractivity (Wildman–Crippen MR) is 127 cm³/mol. The van der Waals surface area contributed by atoms with Gasteiger partial charge in [0.1, 0.15) is 11.8 Å². The highest BCUT2D eigenvalue weighted by molar-refractivity contribution is 6.01. The Morgan fingerprint density at radius 3 is 2.51 bits per heavy atom. The maximum atomic E-state index is 17.2. The summed E-state index contributed by atoms with van der Waals surface area (Å²) in [6, 6.07) is 0. The number of hydrogen-bond donors (Lipinski definition) is 0. The van der Waals surface area contributed by atoms with Crippen LogP contribution in [0.25, 0.3) is 0 Å². The number of halogens is 2. The number of hydrogen-bond acceptors (Lipinski definition) is 5. The van der Waals surface area contributed by atoms with Gasteiger partial charge in [-0.05, 0) is 62.7 Å². The molecule has 3 saturated carbocycles. The van der Waals surface area contributed by atoms with Gasteiger partial charge < -0.3 is 9.47 Å². The third kappa shape index (κ3) is 3.46. The molecule has 8 atom stereocenters. The molecule has 0 N–H and O–H groups in total. The average Bonchev–Trinajstić information content (AvgIpc) is 3.04. The average molecular weight is 493 g/mol. The highest BCUT2D eigenvalue weighted by atomic mass is 19.1. The molecule has 0 aromatic heterocycles. The number of ketones is 1. The van der Waals surface area contributed by atoms with Gasteiger partial charge in [-0.3, -0.25) is 9.59 Å². The number of carbonyl (C=O) groups excluding carboxylic acids is 3. The fourth-order valence-corrected chi connectivity index (χ4v) is 8.00. The van der Waals surface area contributed by atoms with Crippen LogP contribution in [-0.2, 0) is 23.9 Å². The lowest BCUT2D eigenvalue weighted by Gasteiger charge is -2.61. The number of fused-ring (bicyclic) bond motifs is 5. The van der Waals surface area contributed by atoms with Crippen LogP contribution in [0.4, 0.5) is 8.78 Å². The fraction of sp³-hybridized carbons (Fsp3) is 0.750. The summed E-state index contributed by atoms with van der Waals surface area (Å²) in [5, 5.41) is 0. The Hall–Kier alpha value is -2.05. The van der Waals surface area contributed by atoms with E-state index in [0.29, 0.717) is 12.8 Å². The molecule has 0 aromatic rings. The zero-order chi connectivity index (χ0) is 25.8. The minimum atomic E-state index is -1.78. The van der Waals surface area contributed by atoms with Gasteiger partial charge in [0, 0.05) is 29.1 Å². The van der Waals surface area contributed by atoms with Gasteiger partial charge in [0.2, 0.25) is 5.60 Å². The van der Waals surface area contributed by atoms with Crippen LogP contribution in [0.3, 0.4) is 0 Å². The van der Waals surface area contributed by atoms with Crippen molar-refractivity contribution in [2.45, 2.75) is 96.5 Å². The smallest absolute Gasteiger partial charge is 0.351 e. The minimum absolute atomic E-state index is 0.0618. The molecule has 4 aliphatic carbocycles. The number of carbonyl (C=O) groups is 3. The van der Waals surface area contributed by atoms with Crippen molar-refractivity contribution in [3.63, 3.8) is 0 Å². The second kappa shape index (κ2) is 8.81. The molecule has 7 heteroatoms. The largest absolute Gasteiger partial charge is 0.466 e. The van der Waals surface area contributed by atoms with Gasteiger partial charge in [0.05, 0.1) is 7.11 Å². The minimum Gasteiger partial charge on any atom is -0.466 e. The molecule has 0 aromatic carbocycles. The highest BCUT2D eigenvalue weighted by Gasteiger charge is 2.76. The van der Waals surface area contributed by atoms with Crippen molar-refractivity contribution in [1.82, 2.24) is 0 Å². The number of rotatable bonds is 6. The van der Waals surface area contributed by atoms with Crippen molar-refractivity contribution in [2.75, 3.05) is 7.11 Å². The van der Waals surface area contributed by atoms with E-state index in [9.17, 15) is 14.4 Å². The Kier molecular flexibility index (Phi) is 6.55. The van der Waals surface area contributed by atoms with Crippen molar-refractivity contribution in [3.8, 4) is 0 Å². The van der Waals surface area contributed by atoms with Crippen LogP contribution in [0, 0.1) is 28.6 Å². The normalized spacial score (nSPS) is 44.1. The maximum absolute atomic E-state index is 17.2. The van der Waals surface area contributed by atoms with Crippen LogP contribution < -0.4 is 0 Å². The molecule has 0 saturated heterocycles. The maximum Gasteiger partial charge on any atom is 0.351 e. The molecule has 5 nitrogen and oxygen atoms in total. The summed E-state index contributed by atoms with van der Waals surface area (Å²) in [6.45, 7) is 7.46. The van der Waals surface area contributed by atoms with E-state index in [4.69, 9.17) is 9.47 Å². The van der Waals surface area contributed by atoms with Gasteiger partial charge in [-0.1, -0.05) is 39.7 Å². The third-order valence-corrected chi connectivity index (χ3v) is 9.94. The Morgan fingerprint density at radius 2 is 1.86 bits per heavy atom. The molecule has 0 aliphatic heterocycles. The molecular formula is C28H38F2O5. The van der Waals surface area contributed by atoms with Crippen LogP contribution in [0.2, 0.25) is 0 Å². The van der Waals surface area contributed by atoms with E-state index >= 15 is 8.78 Å². The number of methoxy groups -OCH3 is 1. The molecule has 0 heterocycles. The van der Waals surface area contributed by atoms with Gasteiger partial charge in [0.15, 0.2) is 5.78 Å². The van der Waals surface area contributed by atoms with Crippen molar-refractivity contribution in [3.05, 3.63) is 23.8 Å². The van der Waals surface area contributed by atoms with E-state index in [1.807, 2.05) is 20.8 Å². The van der Waals surface area contributed by atoms with Gasteiger partial charge in [-0.15, -0.1) is 0 Å². The van der Waals surface area contributed by atoms with Gasteiger partial charge >= 0.3 is 11.9 Å². The van der Waals surface area contributed by atoms with E-state index in [-0.39, 0.29) is 43.0 Å². The molecule has 3 fully saturated rings. The first-order valence-electron chi connectivity index (χ1n) is 13.0. The second-order valence-electron chi connectivity index (χ2n) is 11.5. The summed E-state index contributed by atoms with van der Waals surface area (Å²) in [6.07, 6.45) is 6.09. The van der Waals surface area contributed by atoms with Crippen molar-refractivity contribution in [2.24, 2.45) is 28.6 Å². The van der Waals surface area contributed by atoms with Crippen LogP contribution in [0.15, 0.2) is 23.8 Å². The Balaban J connectivity index is 1.74. The molecule has 0 spiro atoms. The molecule has 194 valence electrons. The van der Waals surface area contributed by atoms with Gasteiger partial charge in [-0.2, -0.15) is 0 Å². The number of esters is 2. The summed E-state index contributed by atoms with van der Waals surface area (Å²) in [4.78, 5) is 38.3. The summed E-state index contributed by atoms with van der Waals surface area (Å²) in [5.41, 5.74) is -5.25. The summed E-state index contributed by atoms with van der Waals surface area (Å²) in [7, 11) is 1.28. The molecule has 4 rings (SSSR count). The van der Waals surface area contributed by atoms with Crippen LogP contribution in [-0.4, -0.2) is 42.3 Å². The fourth-order valence-electron chi connectivity index (χ4n) is 8.00. The van der Waals surface area contributed by atoms with Gasteiger partial charge in [-0.25, -0.2) is 13.6 Å². The van der Waals surface area contributed by atoms with Crippen LogP contribution in [0.1, 0.15) is 79.1 Å². The number of ether oxygens (including phenoxy) is 2. The summed E-state index contributed by atoms with van der Waals surface area (Å²) < 4.78 is 44.0. The third-order valence-electron chi connectivity index (χ3n) is 9.94. The van der Waals surface area contributed by atoms with E-state index in [1.165, 1.54) is 25.3 Å². The van der Waals surface area contributed by atoms with E-state index in [0.717, 1.165) is 12.8 Å².